The molecule has 1 amide bonds. The maximum absolute atomic E-state index is 12.3. The largest absolute Gasteiger partial charge is 0.342 e. The lowest BCUT2D eigenvalue weighted by molar-refractivity contribution is 0.102. The van der Waals surface area contributed by atoms with Gasteiger partial charge in [-0.05, 0) is 35.9 Å². The molecule has 0 fully saturated rings. The third kappa shape index (κ3) is 3.88. The number of rotatable bonds is 4. The predicted octanol–water partition coefficient (Wildman–Crippen LogP) is 3.55. The zero-order valence-corrected chi connectivity index (χ0v) is 15.8. The number of nitriles is 1. The molecule has 4 rings (SSSR count). The molecule has 2 aromatic heterocycles. The minimum absolute atomic E-state index is 0.00895. The summed E-state index contributed by atoms with van der Waals surface area (Å²) in [5.74, 6) is -0.505. The molecule has 2 aromatic carbocycles. The minimum Gasteiger partial charge on any atom is -0.342 e. The lowest BCUT2D eigenvalue weighted by Crippen LogP contribution is -2.17. The smallest absolute Gasteiger partial charge is 0.274 e. The molecule has 0 spiro atoms. The van der Waals surface area contributed by atoms with Crippen LogP contribution in [-0.2, 0) is 6.54 Å². The first-order chi connectivity index (χ1) is 14.0. The van der Waals surface area contributed by atoms with Crippen molar-refractivity contribution in [1.82, 2.24) is 14.5 Å². The highest BCUT2D eigenvalue weighted by Gasteiger charge is 2.12. The Morgan fingerprint density at radius 2 is 2.00 bits per heavy atom. The highest BCUT2D eigenvalue weighted by Crippen LogP contribution is 2.26. The molecule has 2 N–H and O–H groups in total. The molecule has 0 aliphatic rings. The summed E-state index contributed by atoms with van der Waals surface area (Å²) in [6.45, 7) is 0.581. The maximum atomic E-state index is 12.3. The topological polar surface area (TPSA) is 104 Å². The van der Waals surface area contributed by atoms with Crippen LogP contribution in [0.4, 0.5) is 5.69 Å². The van der Waals surface area contributed by atoms with Crippen molar-refractivity contribution in [2.75, 3.05) is 5.32 Å². The van der Waals surface area contributed by atoms with Crippen molar-refractivity contribution >= 4 is 34.1 Å². The van der Waals surface area contributed by atoms with Crippen LogP contribution < -0.4 is 10.9 Å². The van der Waals surface area contributed by atoms with E-state index >= 15 is 0 Å². The van der Waals surface area contributed by atoms with Gasteiger partial charge in [-0.15, -0.1) is 0 Å². The quantitative estimate of drug-likeness (QED) is 0.543. The molecule has 0 aliphatic carbocycles. The van der Waals surface area contributed by atoms with Crippen LogP contribution in [0, 0.1) is 11.3 Å². The lowest BCUT2D eigenvalue weighted by Gasteiger charge is -2.08. The van der Waals surface area contributed by atoms with E-state index in [1.165, 1.54) is 6.33 Å². The van der Waals surface area contributed by atoms with Gasteiger partial charge in [0.1, 0.15) is 11.8 Å². The van der Waals surface area contributed by atoms with Crippen molar-refractivity contribution < 1.29 is 4.79 Å². The molecule has 0 saturated heterocycles. The molecule has 142 valence electrons. The number of amides is 1. The Bertz CT molecular complexity index is 1320. The highest BCUT2D eigenvalue weighted by molar-refractivity contribution is 6.30. The number of H-pyrrole nitrogens is 1. The van der Waals surface area contributed by atoms with Gasteiger partial charge in [0, 0.05) is 40.4 Å². The van der Waals surface area contributed by atoms with E-state index in [9.17, 15) is 14.9 Å². The number of aromatic amines is 1. The number of carbonyl (C=O) groups is 1. The predicted molar refractivity (Wildman–Crippen MR) is 110 cm³/mol. The fraction of sp³-hybridized carbons (Fsp3) is 0.0476. The molecule has 0 aliphatic heterocycles. The third-order valence-electron chi connectivity index (χ3n) is 4.44. The summed E-state index contributed by atoms with van der Waals surface area (Å²) >= 11 is 5.94. The van der Waals surface area contributed by atoms with Crippen LogP contribution in [0.3, 0.4) is 0 Å². The SMILES string of the molecule is N#Cc1cn(Cc2ccc(Cl)cc2)c2ccc(NC(=O)c3cc(=O)[nH]cn3)cc12. The second-order valence-corrected chi connectivity index (χ2v) is 6.83. The molecule has 29 heavy (non-hydrogen) atoms. The van der Waals surface area contributed by atoms with E-state index in [0.717, 1.165) is 22.5 Å². The number of halogens is 1. The Kier molecular flexibility index (Phi) is 4.85. The molecule has 0 saturated carbocycles. The molecule has 0 atom stereocenters. The fourth-order valence-corrected chi connectivity index (χ4v) is 3.20. The molecular weight excluding hydrogens is 390 g/mol. The van der Waals surface area contributed by atoms with Gasteiger partial charge in [0.2, 0.25) is 0 Å². The van der Waals surface area contributed by atoms with Gasteiger partial charge in [-0.3, -0.25) is 9.59 Å². The molecule has 8 heteroatoms. The monoisotopic (exact) mass is 403 g/mol. The highest BCUT2D eigenvalue weighted by atomic mass is 35.5. The minimum atomic E-state index is -0.505. The van der Waals surface area contributed by atoms with Gasteiger partial charge in [-0.25, -0.2) is 4.98 Å². The number of benzene rings is 2. The van der Waals surface area contributed by atoms with Crippen molar-refractivity contribution in [3.05, 3.63) is 93.3 Å². The number of fused-ring (bicyclic) bond motifs is 1. The number of anilines is 1. The van der Waals surface area contributed by atoms with E-state index in [1.54, 1.807) is 18.3 Å². The Labute approximate surface area is 170 Å². The van der Waals surface area contributed by atoms with Crippen LogP contribution in [0.5, 0.6) is 0 Å². The van der Waals surface area contributed by atoms with Crippen LogP contribution in [0.25, 0.3) is 10.9 Å². The van der Waals surface area contributed by atoms with Gasteiger partial charge >= 0.3 is 0 Å². The molecule has 4 aromatic rings. The molecule has 0 radical (unpaired) electrons. The fourth-order valence-electron chi connectivity index (χ4n) is 3.07. The van der Waals surface area contributed by atoms with Crippen LogP contribution in [0.1, 0.15) is 21.6 Å². The Hall–Kier alpha value is -3.89. The van der Waals surface area contributed by atoms with Crippen LogP contribution in [0.2, 0.25) is 5.02 Å². The first-order valence-electron chi connectivity index (χ1n) is 8.67. The molecule has 2 heterocycles. The van der Waals surface area contributed by atoms with Crippen LogP contribution in [0.15, 0.2) is 65.8 Å². The van der Waals surface area contributed by atoms with Gasteiger partial charge in [-0.1, -0.05) is 23.7 Å². The van der Waals surface area contributed by atoms with Gasteiger partial charge in [0.15, 0.2) is 0 Å². The van der Waals surface area contributed by atoms with Gasteiger partial charge in [-0.2, -0.15) is 5.26 Å². The summed E-state index contributed by atoms with van der Waals surface area (Å²) in [6.07, 6.45) is 2.95. The summed E-state index contributed by atoms with van der Waals surface area (Å²) in [7, 11) is 0. The number of hydrogen-bond acceptors (Lipinski definition) is 4. The van der Waals surface area contributed by atoms with E-state index in [1.807, 2.05) is 34.9 Å². The van der Waals surface area contributed by atoms with E-state index in [4.69, 9.17) is 11.6 Å². The first-order valence-corrected chi connectivity index (χ1v) is 9.05. The number of hydrogen-bond donors (Lipinski definition) is 2. The Morgan fingerprint density at radius 1 is 1.21 bits per heavy atom. The zero-order valence-electron chi connectivity index (χ0n) is 15.0. The summed E-state index contributed by atoms with van der Waals surface area (Å²) in [4.78, 5) is 29.9. The summed E-state index contributed by atoms with van der Waals surface area (Å²) < 4.78 is 1.97. The van der Waals surface area contributed by atoms with Crippen molar-refractivity contribution in [3.63, 3.8) is 0 Å². The number of nitrogens with zero attached hydrogens (tertiary/aromatic N) is 3. The summed E-state index contributed by atoms with van der Waals surface area (Å²) in [6, 6.07) is 16.1. The zero-order chi connectivity index (χ0) is 20.4. The number of aromatic nitrogens is 3. The summed E-state index contributed by atoms with van der Waals surface area (Å²) in [5, 5.41) is 13.6. The second kappa shape index (κ2) is 7.62. The standard InChI is InChI=1S/C21H14ClN5O2/c22-15-3-1-13(2-4-15)10-27-11-14(9-23)17-7-16(5-6-19(17)27)26-21(29)18-8-20(28)25-12-24-18/h1-8,11-12H,10H2,(H,26,29)(H,24,25,28). The average Bonchev–Trinajstić information content (AvgIpc) is 3.06. The van der Waals surface area contributed by atoms with Crippen molar-refractivity contribution in [3.8, 4) is 6.07 Å². The average molecular weight is 404 g/mol. The van der Waals surface area contributed by atoms with E-state index in [-0.39, 0.29) is 5.69 Å². The van der Waals surface area contributed by atoms with Crippen molar-refractivity contribution in [2.24, 2.45) is 0 Å². The van der Waals surface area contributed by atoms with Crippen molar-refractivity contribution in [1.29, 1.82) is 5.26 Å². The summed E-state index contributed by atoms with van der Waals surface area (Å²) in [5.41, 5.74) is 2.52. The Morgan fingerprint density at radius 3 is 2.72 bits per heavy atom. The number of nitrogens with one attached hydrogen (secondary N) is 2. The second-order valence-electron chi connectivity index (χ2n) is 6.39. The van der Waals surface area contributed by atoms with Gasteiger partial charge < -0.3 is 14.9 Å². The maximum Gasteiger partial charge on any atom is 0.274 e. The molecular formula is C21H14ClN5O2. The van der Waals surface area contributed by atoms with Gasteiger partial charge in [0.05, 0.1) is 11.9 Å². The van der Waals surface area contributed by atoms with Gasteiger partial charge in [0.25, 0.3) is 11.5 Å². The van der Waals surface area contributed by atoms with E-state index < -0.39 is 11.5 Å². The van der Waals surface area contributed by atoms with E-state index in [0.29, 0.717) is 22.8 Å². The Balaban J connectivity index is 1.65. The van der Waals surface area contributed by atoms with E-state index in [2.05, 4.69) is 21.4 Å². The normalized spacial score (nSPS) is 10.6. The number of carbonyl (C=O) groups excluding carboxylic acids is 1. The lowest BCUT2D eigenvalue weighted by atomic mass is 10.1. The van der Waals surface area contributed by atoms with Crippen LogP contribution >= 0.6 is 11.6 Å². The molecule has 7 nitrogen and oxygen atoms in total. The molecule has 0 bridgehead atoms. The molecule has 0 unspecified atom stereocenters. The van der Waals surface area contributed by atoms with Crippen LogP contribution in [-0.4, -0.2) is 20.4 Å². The first kappa shape index (κ1) is 18.5. The third-order valence-corrected chi connectivity index (χ3v) is 4.69. The van der Waals surface area contributed by atoms with Crippen molar-refractivity contribution in [2.45, 2.75) is 6.54 Å².